The van der Waals surface area contributed by atoms with Gasteiger partial charge >= 0.3 is 12.1 Å². The number of esters is 1. The largest absolute Gasteiger partial charge is 0.497 e. The number of hydrogen-bond donors (Lipinski definition) is 2. The molecule has 1 atom stereocenters. The number of carbonyl (C=O) groups is 2. The molecule has 1 aliphatic rings. The van der Waals surface area contributed by atoms with Gasteiger partial charge in [0.25, 0.3) is 0 Å². The number of benzene rings is 4. The van der Waals surface area contributed by atoms with E-state index in [0.717, 1.165) is 44.3 Å². The first-order chi connectivity index (χ1) is 20.1. The molecule has 5 aromatic rings. The highest BCUT2D eigenvalue weighted by molar-refractivity contribution is 5.86. The van der Waals surface area contributed by atoms with Gasteiger partial charge in [-0.2, -0.15) is 0 Å². The van der Waals surface area contributed by atoms with E-state index in [4.69, 9.17) is 14.2 Å². The number of H-pyrrole nitrogens is 1. The van der Waals surface area contributed by atoms with E-state index in [1.165, 1.54) is 0 Å². The monoisotopic (exact) mass is 546 g/mol. The molecule has 1 heterocycles. The van der Waals surface area contributed by atoms with E-state index >= 15 is 0 Å². The maximum atomic E-state index is 13.3. The molecule has 7 nitrogen and oxygen atoms in total. The molecule has 0 saturated carbocycles. The van der Waals surface area contributed by atoms with Crippen molar-refractivity contribution in [2.45, 2.75) is 25.0 Å². The van der Waals surface area contributed by atoms with Crippen molar-refractivity contribution in [3.05, 3.63) is 126 Å². The van der Waals surface area contributed by atoms with Crippen LogP contribution in [0.5, 0.6) is 5.75 Å². The number of rotatable bonds is 9. The third-order valence-corrected chi connectivity index (χ3v) is 7.56. The maximum absolute atomic E-state index is 13.3. The molecule has 0 aliphatic heterocycles. The molecule has 0 bridgehead atoms. The molecule has 0 fully saturated rings. The highest BCUT2D eigenvalue weighted by Crippen LogP contribution is 2.44. The molecular weight excluding hydrogens is 516 g/mol. The second-order valence-electron chi connectivity index (χ2n) is 10.0. The van der Waals surface area contributed by atoms with Crippen molar-refractivity contribution < 1.29 is 23.8 Å². The Bertz CT molecular complexity index is 1650. The Morgan fingerprint density at radius 3 is 2.20 bits per heavy atom. The van der Waals surface area contributed by atoms with E-state index in [1.54, 1.807) is 7.11 Å². The zero-order valence-electron chi connectivity index (χ0n) is 22.6. The second kappa shape index (κ2) is 11.6. The Labute approximate surface area is 238 Å². The summed E-state index contributed by atoms with van der Waals surface area (Å²) in [4.78, 5) is 29.6. The molecule has 1 amide bonds. The zero-order valence-corrected chi connectivity index (χ0v) is 22.6. The summed E-state index contributed by atoms with van der Waals surface area (Å²) in [6.07, 6.45) is 1.43. The lowest BCUT2D eigenvalue weighted by atomic mass is 9.98. The Balaban J connectivity index is 1.16. The van der Waals surface area contributed by atoms with Gasteiger partial charge in [-0.1, -0.05) is 78.9 Å². The van der Waals surface area contributed by atoms with Crippen molar-refractivity contribution in [1.29, 1.82) is 0 Å². The summed E-state index contributed by atoms with van der Waals surface area (Å²) in [5.41, 5.74) is 7.20. The molecule has 4 aromatic carbocycles. The first-order valence-electron chi connectivity index (χ1n) is 13.6. The van der Waals surface area contributed by atoms with Crippen LogP contribution in [0.25, 0.3) is 22.0 Å². The number of alkyl carbamates (subject to hydrolysis) is 1. The molecule has 206 valence electrons. The highest BCUT2D eigenvalue weighted by atomic mass is 16.6. The van der Waals surface area contributed by atoms with Crippen LogP contribution in [0.15, 0.2) is 103 Å². The zero-order chi connectivity index (χ0) is 28.2. The van der Waals surface area contributed by atoms with Crippen LogP contribution in [0.3, 0.4) is 0 Å². The topological polar surface area (TPSA) is 89.7 Å². The lowest BCUT2D eigenvalue weighted by Gasteiger charge is -2.19. The number of para-hydroxylation sites is 1. The summed E-state index contributed by atoms with van der Waals surface area (Å²) in [5, 5.41) is 3.76. The van der Waals surface area contributed by atoms with Gasteiger partial charge in [0.1, 0.15) is 25.0 Å². The predicted molar refractivity (Wildman–Crippen MR) is 157 cm³/mol. The number of ether oxygens (including phenoxy) is 3. The van der Waals surface area contributed by atoms with Crippen LogP contribution in [0.4, 0.5) is 4.79 Å². The minimum atomic E-state index is -0.942. The van der Waals surface area contributed by atoms with Gasteiger partial charge in [0, 0.05) is 29.4 Å². The molecule has 0 unspecified atom stereocenters. The third-order valence-electron chi connectivity index (χ3n) is 7.56. The number of amides is 1. The minimum absolute atomic E-state index is 0.0690. The van der Waals surface area contributed by atoms with Crippen LogP contribution in [-0.4, -0.2) is 36.8 Å². The van der Waals surface area contributed by atoms with Crippen LogP contribution in [0.2, 0.25) is 0 Å². The van der Waals surface area contributed by atoms with E-state index in [1.807, 2.05) is 79.0 Å². The van der Waals surface area contributed by atoms with Gasteiger partial charge in [-0.25, -0.2) is 9.59 Å². The highest BCUT2D eigenvalue weighted by Gasteiger charge is 2.30. The van der Waals surface area contributed by atoms with Gasteiger partial charge in [0.2, 0.25) is 0 Å². The Morgan fingerprint density at radius 2 is 1.49 bits per heavy atom. The molecular formula is C34H30N2O5. The molecule has 1 aliphatic carbocycles. The fourth-order valence-electron chi connectivity index (χ4n) is 5.47. The number of aromatic amines is 1. The quantitative estimate of drug-likeness (QED) is 0.210. The van der Waals surface area contributed by atoms with Crippen molar-refractivity contribution in [3.63, 3.8) is 0 Å². The Kier molecular flexibility index (Phi) is 7.41. The number of carbonyl (C=O) groups excluding carboxylic acids is 2. The lowest BCUT2D eigenvalue weighted by molar-refractivity contribution is -0.147. The average Bonchev–Trinajstić information content (AvgIpc) is 3.57. The van der Waals surface area contributed by atoms with E-state index in [-0.39, 0.29) is 25.6 Å². The van der Waals surface area contributed by atoms with E-state index < -0.39 is 18.1 Å². The summed E-state index contributed by atoms with van der Waals surface area (Å²) in [6, 6.07) is 30.5. The van der Waals surface area contributed by atoms with Crippen molar-refractivity contribution >= 4 is 23.0 Å². The molecule has 2 N–H and O–H groups in total. The summed E-state index contributed by atoms with van der Waals surface area (Å²) >= 11 is 0. The van der Waals surface area contributed by atoms with E-state index in [2.05, 4.69) is 34.6 Å². The Morgan fingerprint density at radius 1 is 0.829 bits per heavy atom. The van der Waals surface area contributed by atoms with Crippen molar-refractivity contribution in [1.82, 2.24) is 10.3 Å². The van der Waals surface area contributed by atoms with Crippen LogP contribution < -0.4 is 10.1 Å². The van der Waals surface area contributed by atoms with Gasteiger partial charge in [0.15, 0.2) is 0 Å². The van der Waals surface area contributed by atoms with Gasteiger partial charge in [-0.05, 0) is 51.6 Å². The molecule has 1 aromatic heterocycles. The van der Waals surface area contributed by atoms with Crippen LogP contribution in [0.1, 0.15) is 28.2 Å². The lowest BCUT2D eigenvalue weighted by Crippen LogP contribution is -2.43. The molecule has 0 saturated heterocycles. The van der Waals surface area contributed by atoms with Crippen LogP contribution >= 0.6 is 0 Å². The molecule has 6 rings (SSSR count). The van der Waals surface area contributed by atoms with Crippen LogP contribution in [0, 0.1) is 0 Å². The van der Waals surface area contributed by atoms with Gasteiger partial charge in [-0.3, -0.25) is 0 Å². The number of nitrogens with one attached hydrogen (secondary N) is 2. The number of fused-ring (bicyclic) bond motifs is 4. The molecule has 41 heavy (non-hydrogen) atoms. The average molecular weight is 547 g/mol. The van der Waals surface area contributed by atoms with E-state index in [0.29, 0.717) is 5.75 Å². The fourth-order valence-corrected chi connectivity index (χ4v) is 5.47. The van der Waals surface area contributed by atoms with E-state index in [9.17, 15) is 9.59 Å². The second-order valence-corrected chi connectivity index (χ2v) is 10.0. The summed E-state index contributed by atoms with van der Waals surface area (Å²) < 4.78 is 16.6. The van der Waals surface area contributed by atoms with Crippen molar-refractivity contribution in [3.8, 4) is 16.9 Å². The summed E-state index contributed by atoms with van der Waals surface area (Å²) in [6.45, 7) is 0.222. The predicted octanol–water partition coefficient (Wildman–Crippen LogP) is 6.37. The third kappa shape index (κ3) is 5.52. The normalized spacial score (nSPS) is 12.8. The molecule has 7 heteroatoms. The van der Waals surface area contributed by atoms with Crippen molar-refractivity contribution in [2.75, 3.05) is 13.7 Å². The van der Waals surface area contributed by atoms with Gasteiger partial charge in [0.05, 0.1) is 7.11 Å². The van der Waals surface area contributed by atoms with Crippen molar-refractivity contribution in [2.24, 2.45) is 0 Å². The number of hydrogen-bond acceptors (Lipinski definition) is 5. The maximum Gasteiger partial charge on any atom is 0.407 e. The number of methoxy groups -OCH3 is 1. The minimum Gasteiger partial charge on any atom is -0.497 e. The summed E-state index contributed by atoms with van der Waals surface area (Å²) in [7, 11) is 1.60. The van der Waals surface area contributed by atoms with Gasteiger partial charge in [-0.15, -0.1) is 0 Å². The van der Waals surface area contributed by atoms with Gasteiger partial charge < -0.3 is 24.5 Å². The SMILES string of the molecule is COc1ccc(COC(=O)[C@H](Cc2c[nH]c3ccccc23)NC(=O)OCC2c3ccccc3-c3ccccc32)cc1. The molecule has 0 radical (unpaired) electrons. The first-order valence-corrected chi connectivity index (χ1v) is 13.6. The number of aromatic nitrogens is 1. The first kappa shape index (κ1) is 26.2. The fraction of sp³-hybridized carbons (Fsp3) is 0.176. The smallest absolute Gasteiger partial charge is 0.407 e. The Hall–Kier alpha value is -5.04. The van der Waals surface area contributed by atoms with Crippen LogP contribution in [-0.2, 0) is 27.3 Å². The standard InChI is InChI=1S/C34H30N2O5/c1-39-24-16-14-22(15-17-24)20-40-33(37)32(18-23-19-35-31-13-7-6-8-25(23)31)36-34(38)41-21-30-28-11-4-2-9-26(28)27-10-3-5-12-29(27)30/h2-17,19,30,32,35H,18,20-21H2,1H3,(H,36,38)/t32-/m0/s1. The summed E-state index contributed by atoms with van der Waals surface area (Å²) in [5.74, 6) is 0.0936. The molecule has 0 spiro atoms.